The maximum atomic E-state index is 3.62. The molecule has 1 unspecified atom stereocenters. The molecule has 2 aliphatic rings. The van der Waals surface area contributed by atoms with Gasteiger partial charge in [-0.3, -0.25) is 0 Å². The lowest BCUT2D eigenvalue weighted by atomic mass is 9.85. The molecule has 0 aromatic heterocycles. The highest BCUT2D eigenvalue weighted by Gasteiger charge is 2.28. The number of piperidine rings is 1. The van der Waals surface area contributed by atoms with Crippen LogP contribution < -0.4 is 5.32 Å². The summed E-state index contributed by atoms with van der Waals surface area (Å²) in [5.74, 6) is 1.87. The Morgan fingerprint density at radius 2 is 1.83 bits per heavy atom. The molecule has 0 radical (unpaired) electrons. The van der Waals surface area contributed by atoms with E-state index >= 15 is 0 Å². The van der Waals surface area contributed by atoms with E-state index in [4.69, 9.17) is 0 Å². The van der Waals surface area contributed by atoms with E-state index in [2.05, 4.69) is 31.0 Å². The Morgan fingerprint density at radius 1 is 1.11 bits per heavy atom. The number of nitrogens with one attached hydrogen (secondary N) is 1. The third-order valence-electron chi connectivity index (χ3n) is 4.87. The van der Waals surface area contributed by atoms with Crippen molar-refractivity contribution in [1.82, 2.24) is 10.2 Å². The van der Waals surface area contributed by atoms with Gasteiger partial charge in [-0.15, -0.1) is 0 Å². The van der Waals surface area contributed by atoms with Crippen LogP contribution in [-0.2, 0) is 0 Å². The second-order valence-corrected chi connectivity index (χ2v) is 6.98. The topological polar surface area (TPSA) is 15.3 Å². The molecule has 2 nitrogen and oxygen atoms in total. The van der Waals surface area contributed by atoms with Gasteiger partial charge in [0.15, 0.2) is 0 Å². The van der Waals surface area contributed by atoms with Gasteiger partial charge in [0.1, 0.15) is 0 Å². The molecule has 0 aromatic rings. The molecule has 1 aliphatic carbocycles. The molecule has 0 spiro atoms. The molecule has 1 aliphatic heterocycles. The summed E-state index contributed by atoms with van der Waals surface area (Å²) in [5, 5.41) is 3.62. The smallest absolute Gasteiger partial charge is 0.00955 e. The third-order valence-corrected chi connectivity index (χ3v) is 4.87. The molecular formula is C16H32N2. The summed E-state index contributed by atoms with van der Waals surface area (Å²) in [6.07, 6.45) is 8.65. The summed E-state index contributed by atoms with van der Waals surface area (Å²) >= 11 is 0. The van der Waals surface area contributed by atoms with Crippen molar-refractivity contribution in [3.63, 3.8) is 0 Å². The van der Waals surface area contributed by atoms with Gasteiger partial charge < -0.3 is 10.2 Å². The standard InChI is InChI=1S/C16H32N2/c1-13(2)17-11-15-5-4-10-18(12-15)16-8-6-14(3)7-9-16/h13-17H,4-12H2,1-3H3. The van der Waals surface area contributed by atoms with E-state index in [0.29, 0.717) is 6.04 Å². The van der Waals surface area contributed by atoms with Crippen molar-refractivity contribution in [2.24, 2.45) is 11.8 Å². The zero-order valence-electron chi connectivity index (χ0n) is 12.6. The van der Waals surface area contributed by atoms with Gasteiger partial charge in [-0.1, -0.05) is 20.8 Å². The fourth-order valence-corrected chi connectivity index (χ4v) is 3.61. The second-order valence-electron chi connectivity index (χ2n) is 6.98. The van der Waals surface area contributed by atoms with Crippen molar-refractivity contribution in [1.29, 1.82) is 0 Å². The third kappa shape index (κ3) is 4.24. The summed E-state index contributed by atoms with van der Waals surface area (Å²) in [4.78, 5) is 2.81. The Kier molecular flexibility index (Phi) is 5.50. The first-order valence-corrected chi connectivity index (χ1v) is 8.12. The minimum absolute atomic E-state index is 0.635. The predicted octanol–water partition coefficient (Wildman–Crippen LogP) is 3.28. The lowest BCUT2D eigenvalue weighted by Gasteiger charge is -2.41. The summed E-state index contributed by atoms with van der Waals surface area (Å²) < 4.78 is 0. The lowest BCUT2D eigenvalue weighted by Crippen LogP contribution is -2.46. The maximum absolute atomic E-state index is 3.62. The van der Waals surface area contributed by atoms with Crippen LogP contribution in [-0.4, -0.2) is 36.6 Å². The molecule has 1 saturated heterocycles. The van der Waals surface area contributed by atoms with E-state index in [1.54, 1.807) is 0 Å². The van der Waals surface area contributed by atoms with E-state index < -0.39 is 0 Å². The van der Waals surface area contributed by atoms with E-state index in [1.165, 1.54) is 58.2 Å². The van der Waals surface area contributed by atoms with Gasteiger partial charge in [0.2, 0.25) is 0 Å². The van der Waals surface area contributed by atoms with Gasteiger partial charge >= 0.3 is 0 Å². The van der Waals surface area contributed by atoms with Crippen LogP contribution >= 0.6 is 0 Å². The van der Waals surface area contributed by atoms with Crippen molar-refractivity contribution in [2.45, 2.75) is 71.4 Å². The molecule has 0 amide bonds. The normalized spacial score (nSPS) is 35.0. The number of rotatable bonds is 4. The average Bonchev–Trinajstić information content (AvgIpc) is 2.37. The van der Waals surface area contributed by atoms with E-state index in [0.717, 1.165) is 17.9 Å². The minimum atomic E-state index is 0.635. The zero-order chi connectivity index (χ0) is 13.0. The van der Waals surface area contributed by atoms with Gasteiger partial charge in [-0.05, 0) is 63.5 Å². The molecule has 1 atom stereocenters. The van der Waals surface area contributed by atoms with Crippen LogP contribution in [0.5, 0.6) is 0 Å². The van der Waals surface area contributed by atoms with Crippen LogP contribution in [0.3, 0.4) is 0 Å². The Labute approximate surface area is 114 Å². The highest BCUT2D eigenvalue weighted by molar-refractivity contribution is 4.83. The minimum Gasteiger partial charge on any atom is -0.314 e. The van der Waals surface area contributed by atoms with Crippen LogP contribution in [0.1, 0.15) is 59.3 Å². The monoisotopic (exact) mass is 252 g/mol. The summed E-state index contributed by atoms with van der Waals surface area (Å²) in [7, 11) is 0. The fraction of sp³-hybridized carbons (Fsp3) is 1.00. The van der Waals surface area contributed by atoms with Gasteiger partial charge in [0.05, 0.1) is 0 Å². The van der Waals surface area contributed by atoms with Gasteiger partial charge in [-0.2, -0.15) is 0 Å². The molecule has 1 heterocycles. The molecule has 106 valence electrons. The summed E-state index contributed by atoms with van der Waals surface area (Å²) in [6.45, 7) is 10.8. The van der Waals surface area contributed by atoms with E-state index in [9.17, 15) is 0 Å². The summed E-state index contributed by atoms with van der Waals surface area (Å²) in [6, 6.07) is 1.54. The van der Waals surface area contributed by atoms with Gasteiger partial charge in [0, 0.05) is 18.6 Å². The zero-order valence-corrected chi connectivity index (χ0v) is 12.6. The van der Waals surface area contributed by atoms with Crippen molar-refractivity contribution in [3.8, 4) is 0 Å². The first kappa shape index (κ1) is 14.3. The molecule has 0 bridgehead atoms. The van der Waals surface area contributed by atoms with Crippen molar-refractivity contribution < 1.29 is 0 Å². The van der Waals surface area contributed by atoms with Crippen LogP contribution in [0.15, 0.2) is 0 Å². The van der Waals surface area contributed by atoms with E-state index in [-0.39, 0.29) is 0 Å². The summed E-state index contributed by atoms with van der Waals surface area (Å²) in [5.41, 5.74) is 0. The van der Waals surface area contributed by atoms with Crippen LogP contribution in [0.25, 0.3) is 0 Å². The van der Waals surface area contributed by atoms with Crippen LogP contribution in [0, 0.1) is 11.8 Å². The van der Waals surface area contributed by atoms with Crippen LogP contribution in [0.4, 0.5) is 0 Å². The van der Waals surface area contributed by atoms with Crippen molar-refractivity contribution in [3.05, 3.63) is 0 Å². The Bertz CT molecular complexity index is 231. The number of nitrogens with zero attached hydrogens (tertiary/aromatic N) is 1. The molecule has 2 fully saturated rings. The Morgan fingerprint density at radius 3 is 2.50 bits per heavy atom. The fourth-order valence-electron chi connectivity index (χ4n) is 3.61. The highest BCUT2D eigenvalue weighted by Crippen LogP contribution is 2.29. The van der Waals surface area contributed by atoms with Gasteiger partial charge in [0.25, 0.3) is 0 Å². The predicted molar refractivity (Wildman–Crippen MR) is 78.9 cm³/mol. The van der Waals surface area contributed by atoms with E-state index in [1.807, 2.05) is 0 Å². The quantitative estimate of drug-likeness (QED) is 0.826. The molecule has 1 N–H and O–H groups in total. The number of hydrogen-bond acceptors (Lipinski definition) is 2. The maximum Gasteiger partial charge on any atom is 0.00955 e. The molecule has 18 heavy (non-hydrogen) atoms. The highest BCUT2D eigenvalue weighted by atomic mass is 15.2. The molecular weight excluding hydrogens is 220 g/mol. The van der Waals surface area contributed by atoms with Gasteiger partial charge in [-0.25, -0.2) is 0 Å². The van der Waals surface area contributed by atoms with Crippen LogP contribution in [0.2, 0.25) is 0 Å². The molecule has 2 heteroatoms. The Hall–Kier alpha value is -0.0800. The number of likely N-dealkylation sites (tertiary alicyclic amines) is 1. The number of hydrogen-bond donors (Lipinski definition) is 1. The first-order valence-electron chi connectivity index (χ1n) is 8.12. The lowest BCUT2D eigenvalue weighted by molar-refractivity contribution is 0.0881. The Balaban J connectivity index is 1.75. The largest absolute Gasteiger partial charge is 0.314 e. The van der Waals surface area contributed by atoms with Crippen molar-refractivity contribution >= 4 is 0 Å². The molecule has 1 saturated carbocycles. The first-order chi connectivity index (χ1) is 8.65. The second kappa shape index (κ2) is 6.91. The SMILES string of the molecule is CC1CCC(N2CCCC(CNC(C)C)C2)CC1. The van der Waals surface area contributed by atoms with Crippen molar-refractivity contribution in [2.75, 3.05) is 19.6 Å². The molecule has 0 aromatic carbocycles. The average molecular weight is 252 g/mol. The molecule has 2 rings (SSSR count).